The summed E-state index contributed by atoms with van der Waals surface area (Å²) in [5.41, 5.74) is 0.378. The fraction of sp³-hybridized carbons (Fsp3) is 0.500. The molecular formula is C14H19N3O5S. The summed E-state index contributed by atoms with van der Waals surface area (Å²) in [6.45, 7) is 0.657. The van der Waals surface area contributed by atoms with E-state index in [1.54, 1.807) is 18.2 Å². The first kappa shape index (κ1) is 17.2. The second-order valence-corrected chi connectivity index (χ2v) is 7.75. The van der Waals surface area contributed by atoms with Crippen LogP contribution in [0.4, 0.5) is 11.4 Å². The molecule has 1 heterocycles. The van der Waals surface area contributed by atoms with Crippen molar-refractivity contribution in [1.82, 2.24) is 5.32 Å². The summed E-state index contributed by atoms with van der Waals surface area (Å²) in [6, 6.07) is 6.28. The minimum absolute atomic E-state index is 0.0185. The standard InChI is InChI=1S/C14H19N3O5S/c18-14(9-11-5-8-23(21,22)10-11)16-7-6-15-12-3-1-2-4-13(12)17(19)20/h1-4,11,15H,5-10H2,(H,16,18). The zero-order chi connectivity index (χ0) is 16.9. The number of hydrogen-bond donors (Lipinski definition) is 2. The van der Waals surface area contributed by atoms with Crippen LogP contribution in [0.2, 0.25) is 0 Å². The Bertz CT molecular complexity index is 689. The van der Waals surface area contributed by atoms with Crippen molar-refractivity contribution in [2.24, 2.45) is 5.92 Å². The van der Waals surface area contributed by atoms with Gasteiger partial charge in [0.15, 0.2) is 9.84 Å². The molecule has 1 fully saturated rings. The van der Waals surface area contributed by atoms with Crippen LogP contribution < -0.4 is 10.6 Å². The van der Waals surface area contributed by atoms with Gasteiger partial charge in [0.2, 0.25) is 5.91 Å². The molecule has 0 saturated carbocycles. The van der Waals surface area contributed by atoms with Gasteiger partial charge in [0.25, 0.3) is 5.69 Å². The summed E-state index contributed by atoms with van der Waals surface area (Å²) in [6.07, 6.45) is 0.731. The van der Waals surface area contributed by atoms with Crippen molar-refractivity contribution >= 4 is 27.1 Å². The van der Waals surface area contributed by atoms with E-state index in [0.717, 1.165) is 0 Å². The average molecular weight is 341 g/mol. The first-order valence-electron chi connectivity index (χ1n) is 7.32. The van der Waals surface area contributed by atoms with E-state index in [0.29, 0.717) is 25.2 Å². The van der Waals surface area contributed by atoms with Crippen LogP contribution in [0.3, 0.4) is 0 Å². The number of nitrogens with zero attached hydrogens (tertiary/aromatic N) is 1. The highest BCUT2D eigenvalue weighted by molar-refractivity contribution is 7.91. The minimum atomic E-state index is -2.97. The fourth-order valence-corrected chi connectivity index (χ4v) is 4.41. The van der Waals surface area contributed by atoms with Crippen molar-refractivity contribution in [2.45, 2.75) is 12.8 Å². The lowest BCUT2D eigenvalue weighted by Crippen LogP contribution is -2.30. The van der Waals surface area contributed by atoms with Gasteiger partial charge in [-0.3, -0.25) is 14.9 Å². The molecule has 2 rings (SSSR count). The maximum absolute atomic E-state index is 11.8. The van der Waals surface area contributed by atoms with E-state index in [4.69, 9.17) is 0 Å². The van der Waals surface area contributed by atoms with E-state index < -0.39 is 14.8 Å². The third-order valence-corrected chi connectivity index (χ3v) is 5.50. The Balaban J connectivity index is 1.71. The number of sulfone groups is 1. The topological polar surface area (TPSA) is 118 Å². The Morgan fingerprint density at radius 1 is 1.30 bits per heavy atom. The largest absolute Gasteiger partial charge is 0.378 e. The quantitative estimate of drug-likeness (QED) is 0.433. The number of carbonyl (C=O) groups is 1. The molecule has 9 heteroatoms. The summed E-state index contributed by atoms with van der Waals surface area (Å²) < 4.78 is 22.7. The number of benzene rings is 1. The van der Waals surface area contributed by atoms with Gasteiger partial charge in [-0.15, -0.1) is 0 Å². The molecule has 0 radical (unpaired) electrons. The van der Waals surface area contributed by atoms with Crippen LogP contribution in [0.1, 0.15) is 12.8 Å². The average Bonchev–Trinajstić information content (AvgIpc) is 2.82. The summed E-state index contributed by atoms with van der Waals surface area (Å²) in [5.74, 6) is -0.0707. The van der Waals surface area contributed by atoms with Gasteiger partial charge in [-0.25, -0.2) is 8.42 Å². The molecule has 1 aliphatic heterocycles. The van der Waals surface area contributed by atoms with Crippen molar-refractivity contribution in [2.75, 3.05) is 29.9 Å². The van der Waals surface area contributed by atoms with Crippen LogP contribution in [0.15, 0.2) is 24.3 Å². The number of nitro groups is 1. The number of rotatable bonds is 7. The maximum Gasteiger partial charge on any atom is 0.292 e. The van der Waals surface area contributed by atoms with Gasteiger partial charge in [0, 0.05) is 25.6 Å². The minimum Gasteiger partial charge on any atom is -0.378 e. The normalized spacial score (nSPS) is 19.2. The monoisotopic (exact) mass is 341 g/mol. The molecule has 1 atom stereocenters. The number of amides is 1. The Morgan fingerprint density at radius 3 is 2.70 bits per heavy atom. The van der Waals surface area contributed by atoms with Gasteiger partial charge in [0.05, 0.1) is 16.4 Å². The molecule has 0 aliphatic carbocycles. The number of hydrogen-bond acceptors (Lipinski definition) is 6. The number of para-hydroxylation sites is 2. The Hall–Kier alpha value is -2.16. The van der Waals surface area contributed by atoms with Crippen molar-refractivity contribution in [3.05, 3.63) is 34.4 Å². The SMILES string of the molecule is O=C(CC1CCS(=O)(=O)C1)NCCNc1ccccc1[N+](=O)[O-]. The number of anilines is 1. The van der Waals surface area contributed by atoms with E-state index in [1.807, 2.05) is 0 Å². The highest BCUT2D eigenvalue weighted by Crippen LogP contribution is 2.23. The van der Waals surface area contributed by atoms with E-state index in [2.05, 4.69) is 10.6 Å². The van der Waals surface area contributed by atoms with E-state index in [9.17, 15) is 23.3 Å². The van der Waals surface area contributed by atoms with Crippen LogP contribution in [0.5, 0.6) is 0 Å². The molecule has 1 aromatic carbocycles. The second-order valence-electron chi connectivity index (χ2n) is 5.52. The predicted octanol–water partition coefficient (Wildman–Crippen LogP) is 0.948. The highest BCUT2D eigenvalue weighted by Gasteiger charge is 2.29. The van der Waals surface area contributed by atoms with E-state index in [1.165, 1.54) is 6.07 Å². The highest BCUT2D eigenvalue weighted by atomic mass is 32.2. The van der Waals surface area contributed by atoms with Crippen LogP contribution in [-0.2, 0) is 14.6 Å². The second kappa shape index (κ2) is 7.40. The van der Waals surface area contributed by atoms with Crippen LogP contribution in [-0.4, -0.2) is 43.8 Å². The van der Waals surface area contributed by atoms with Gasteiger partial charge in [-0.05, 0) is 18.4 Å². The lowest BCUT2D eigenvalue weighted by Gasteiger charge is -2.10. The van der Waals surface area contributed by atoms with E-state index in [-0.39, 0.29) is 35.4 Å². The molecule has 2 N–H and O–H groups in total. The Kier molecular flexibility index (Phi) is 5.54. The lowest BCUT2D eigenvalue weighted by atomic mass is 10.1. The summed E-state index contributed by atoms with van der Waals surface area (Å²) >= 11 is 0. The third-order valence-electron chi connectivity index (χ3n) is 3.66. The molecule has 0 bridgehead atoms. The fourth-order valence-electron chi connectivity index (χ4n) is 2.55. The first-order valence-corrected chi connectivity index (χ1v) is 9.14. The van der Waals surface area contributed by atoms with Gasteiger partial charge in [-0.2, -0.15) is 0 Å². The molecule has 126 valence electrons. The molecule has 8 nitrogen and oxygen atoms in total. The summed E-state index contributed by atoms with van der Waals surface area (Å²) in [7, 11) is -2.97. The third kappa shape index (κ3) is 5.20. The van der Waals surface area contributed by atoms with Crippen LogP contribution >= 0.6 is 0 Å². The smallest absolute Gasteiger partial charge is 0.292 e. The molecule has 1 aliphatic rings. The Labute approximate surface area is 134 Å². The predicted molar refractivity (Wildman–Crippen MR) is 86.0 cm³/mol. The van der Waals surface area contributed by atoms with Crippen molar-refractivity contribution in [1.29, 1.82) is 0 Å². The molecule has 1 aromatic rings. The molecule has 1 saturated heterocycles. The van der Waals surface area contributed by atoms with Crippen LogP contribution in [0, 0.1) is 16.0 Å². The Morgan fingerprint density at radius 2 is 2.04 bits per heavy atom. The molecule has 1 unspecified atom stereocenters. The molecular weight excluding hydrogens is 322 g/mol. The van der Waals surface area contributed by atoms with Crippen molar-refractivity contribution < 1.29 is 18.1 Å². The zero-order valence-corrected chi connectivity index (χ0v) is 13.3. The number of nitro benzene ring substituents is 1. The first-order chi connectivity index (χ1) is 10.9. The molecule has 23 heavy (non-hydrogen) atoms. The molecule has 0 aromatic heterocycles. The zero-order valence-electron chi connectivity index (χ0n) is 12.5. The summed E-state index contributed by atoms with van der Waals surface area (Å²) in [4.78, 5) is 22.1. The number of carbonyl (C=O) groups excluding carboxylic acids is 1. The molecule has 0 spiro atoms. The van der Waals surface area contributed by atoms with Gasteiger partial charge in [-0.1, -0.05) is 12.1 Å². The van der Waals surface area contributed by atoms with Crippen molar-refractivity contribution in [3.8, 4) is 0 Å². The lowest BCUT2D eigenvalue weighted by molar-refractivity contribution is -0.384. The van der Waals surface area contributed by atoms with Gasteiger partial charge in [0.1, 0.15) is 5.69 Å². The summed E-state index contributed by atoms with van der Waals surface area (Å²) in [5, 5.41) is 16.4. The van der Waals surface area contributed by atoms with Gasteiger partial charge >= 0.3 is 0 Å². The number of nitrogens with one attached hydrogen (secondary N) is 2. The van der Waals surface area contributed by atoms with E-state index >= 15 is 0 Å². The van der Waals surface area contributed by atoms with Crippen molar-refractivity contribution in [3.63, 3.8) is 0 Å². The van der Waals surface area contributed by atoms with Crippen LogP contribution in [0.25, 0.3) is 0 Å². The van der Waals surface area contributed by atoms with Gasteiger partial charge < -0.3 is 10.6 Å². The molecule has 1 amide bonds. The maximum atomic E-state index is 11.8.